The molecule has 0 bridgehead atoms. The van der Waals surface area contributed by atoms with Gasteiger partial charge in [-0.1, -0.05) is 56.9 Å². The molecule has 6 rings (SSSR count). The Morgan fingerprint density at radius 3 is 2.72 bits per heavy atom. The highest BCUT2D eigenvalue weighted by molar-refractivity contribution is 5.95. The zero-order valence-corrected chi connectivity index (χ0v) is 23.1. The average molecular weight is 523 g/mol. The first-order chi connectivity index (χ1) is 19.1. The molecule has 4 aromatic heterocycles. The van der Waals surface area contributed by atoms with Crippen molar-refractivity contribution in [2.24, 2.45) is 5.92 Å². The number of nitrogens with zero attached hydrogens (tertiary/aromatic N) is 6. The Hall–Kier alpha value is -3.78. The number of aromatic nitrogens is 6. The van der Waals surface area contributed by atoms with Gasteiger partial charge < -0.3 is 14.8 Å². The summed E-state index contributed by atoms with van der Waals surface area (Å²) in [5, 5.41) is 8.62. The van der Waals surface area contributed by atoms with Crippen molar-refractivity contribution in [3.8, 4) is 11.5 Å². The maximum Gasteiger partial charge on any atom is 0.181 e. The number of H-pyrrole nitrogens is 2. The van der Waals surface area contributed by atoms with Crippen molar-refractivity contribution in [2.45, 2.75) is 45.4 Å². The molecule has 0 spiro atoms. The van der Waals surface area contributed by atoms with Crippen LogP contribution in [0.2, 0.25) is 0 Å². The number of anilines is 1. The summed E-state index contributed by atoms with van der Waals surface area (Å²) in [6.07, 6.45) is 18.0. The molecule has 1 saturated heterocycles. The number of aromatic amines is 2. The van der Waals surface area contributed by atoms with Crippen molar-refractivity contribution in [1.29, 1.82) is 0 Å². The van der Waals surface area contributed by atoms with Crippen LogP contribution in [0.15, 0.2) is 54.9 Å². The van der Waals surface area contributed by atoms with Gasteiger partial charge in [-0.3, -0.25) is 5.10 Å². The number of piperazine rings is 1. The lowest BCUT2D eigenvalue weighted by Gasteiger charge is -2.33. The normalized spacial score (nSPS) is 18.4. The summed E-state index contributed by atoms with van der Waals surface area (Å²) >= 11 is 0. The lowest BCUT2D eigenvalue weighted by molar-refractivity contribution is 0.312. The number of hydrogen-bond acceptors (Lipinski definition) is 6. The molecular formula is C31H38N8. The number of fused-ring (bicyclic) bond motifs is 2. The van der Waals surface area contributed by atoms with Crippen molar-refractivity contribution in [1.82, 2.24) is 35.0 Å². The van der Waals surface area contributed by atoms with Crippen LogP contribution in [0.25, 0.3) is 39.2 Å². The number of likely N-dealkylation sites (N-methyl/N-ethyl adjacent to an activating group) is 1. The molecule has 5 heterocycles. The second-order valence-electron chi connectivity index (χ2n) is 11.0. The predicted molar refractivity (Wildman–Crippen MR) is 160 cm³/mol. The fraction of sp³-hybridized carbons (Fsp3) is 0.419. The lowest BCUT2D eigenvalue weighted by Crippen LogP contribution is -2.44. The standard InChI is InChI=1S/C31H38N8/c1-4-21(17-22-9-7-6-8-10-22)18-23(5-2)24-19-25-27(36-37-29(25)33-20-24)30-34-26-11-12-32-31(28(26)35-30)39-15-13-38(3)14-16-39/h4-5,11-12,18-20,22H,1,6-10,13-17H2,2-3H3,(H,34,35)(H,33,36,37)/b21-18+,23-5+. The van der Waals surface area contributed by atoms with Gasteiger partial charge in [0.1, 0.15) is 11.2 Å². The van der Waals surface area contributed by atoms with Gasteiger partial charge in [0.25, 0.3) is 0 Å². The third-order valence-corrected chi connectivity index (χ3v) is 8.33. The molecule has 8 nitrogen and oxygen atoms in total. The van der Waals surface area contributed by atoms with E-state index in [1.54, 1.807) is 0 Å². The molecule has 202 valence electrons. The largest absolute Gasteiger partial charge is 0.352 e. The molecule has 0 unspecified atom stereocenters. The fourth-order valence-corrected chi connectivity index (χ4v) is 5.99. The lowest BCUT2D eigenvalue weighted by atomic mass is 9.84. The minimum atomic E-state index is 0.678. The second kappa shape index (κ2) is 11.1. The molecule has 39 heavy (non-hydrogen) atoms. The van der Waals surface area contributed by atoms with Crippen molar-refractivity contribution in [2.75, 3.05) is 38.1 Å². The van der Waals surface area contributed by atoms with Crippen LogP contribution in [0.4, 0.5) is 5.82 Å². The Kier molecular flexibility index (Phi) is 7.28. The molecule has 0 radical (unpaired) electrons. The molecule has 2 aliphatic rings. The molecule has 4 aromatic rings. The molecule has 0 atom stereocenters. The summed E-state index contributed by atoms with van der Waals surface area (Å²) in [5.74, 6) is 2.44. The van der Waals surface area contributed by atoms with Crippen molar-refractivity contribution >= 4 is 33.5 Å². The summed E-state index contributed by atoms with van der Waals surface area (Å²) < 4.78 is 0. The van der Waals surface area contributed by atoms with E-state index < -0.39 is 0 Å². The van der Waals surface area contributed by atoms with E-state index in [-0.39, 0.29) is 0 Å². The Morgan fingerprint density at radius 1 is 1.13 bits per heavy atom. The van der Waals surface area contributed by atoms with Gasteiger partial charge in [0.2, 0.25) is 0 Å². The first-order valence-corrected chi connectivity index (χ1v) is 14.3. The Bertz CT molecular complexity index is 1530. The van der Waals surface area contributed by atoms with Gasteiger partial charge in [0, 0.05) is 44.1 Å². The van der Waals surface area contributed by atoms with Gasteiger partial charge in [-0.05, 0) is 49.6 Å². The first-order valence-electron chi connectivity index (χ1n) is 14.3. The third-order valence-electron chi connectivity index (χ3n) is 8.33. The van der Waals surface area contributed by atoms with E-state index in [1.807, 2.05) is 24.5 Å². The number of allylic oxidation sites excluding steroid dienone is 5. The van der Waals surface area contributed by atoms with Crippen LogP contribution in [0.3, 0.4) is 0 Å². The van der Waals surface area contributed by atoms with Crippen LogP contribution in [0.1, 0.15) is 51.0 Å². The highest BCUT2D eigenvalue weighted by atomic mass is 15.3. The van der Waals surface area contributed by atoms with Crippen molar-refractivity contribution in [3.05, 3.63) is 60.5 Å². The number of imidazole rings is 1. The van der Waals surface area contributed by atoms with Gasteiger partial charge in [0.05, 0.1) is 10.9 Å². The third kappa shape index (κ3) is 5.26. The Morgan fingerprint density at radius 2 is 1.95 bits per heavy atom. The van der Waals surface area contributed by atoms with Crippen LogP contribution in [0.5, 0.6) is 0 Å². The second-order valence-corrected chi connectivity index (χ2v) is 11.0. The van der Waals surface area contributed by atoms with E-state index in [1.165, 1.54) is 37.7 Å². The van der Waals surface area contributed by atoms with Crippen molar-refractivity contribution < 1.29 is 0 Å². The monoisotopic (exact) mass is 522 g/mol. The number of rotatable bonds is 7. The summed E-state index contributed by atoms with van der Waals surface area (Å²) in [6, 6.07) is 4.15. The van der Waals surface area contributed by atoms with Crippen LogP contribution in [-0.4, -0.2) is 68.3 Å². The molecule has 0 amide bonds. The van der Waals surface area contributed by atoms with Crippen LogP contribution in [-0.2, 0) is 0 Å². The zero-order chi connectivity index (χ0) is 26.8. The molecule has 2 N–H and O–H groups in total. The fourth-order valence-electron chi connectivity index (χ4n) is 5.99. The van der Waals surface area contributed by atoms with E-state index >= 15 is 0 Å². The SMILES string of the molecule is C=C/C(=C\C(=C/C)c1cnc2n[nH]c(-c3nc4c(N5CCN(C)CC5)nccc4[nH]3)c2c1)CC1CCCCC1. The van der Waals surface area contributed by atoms with E-state index in [0.29, 0.717) is 5.65 Å². The van der Waals surface area contributed by atoms with E-state index in [9.17, 15) is 0 Å². The maximum atomic E-state index is 5.01. The molecule has 1 saturated carbocycles. The zero-order valence-electron chi connectivity index (χ0n) is 23.1. The highest BCUT2D eigenvalue weighted by Crippen LogP contribution is 2.33. The summed E-state index contributed by atoms with van der Waals surface area (Å²) in [6.45, 7) is 10.1. The minimum absolute atomic E-state index is 0.678. The van der Waals surface area contributed by atoms with Gasteiger partial charge >= 0.3 is 0 Å². The van der Waals surface area contributed by atoms with Crippen molar-refractivity contribution in [3.63, 3.8) is 0 Å². The van der Waals surface area contributed by atoms with Crippen LogP contribution < -0.4 is 4.90 Å². The van der Waals surface area contributed by atoms with Gasteiger partial charge in [-0.15, -0.1) is 0 Å². The first kappa shape index (κ1) is 25.5. The molecular weight excluding hydrogens is 484 g/mol. The molecule has 2 fully saturated rings. The highest BCUT2D eigenvalue weighted by Gasteiger charge is 2.21. The predicted octanol–water partition coefficient (Wildman–Crippen LogP) is 6.13. The average Bonchev–Trinajstić information content (AvgIpc) is 3.60. The van der Waals surface area contributed by atoms with Crippen LogP contribution >= 0.6 is 0 Å². The number of hydrogen-bond donors (Lipinski definition) is 2. The molecule has 0 aromatic carbocycles. The van der Waals surface area contributed by atoms with E-state index in [0.717, 1.165) is 83.4 Å². The molecule has 1 aliphatic heterocycles. The quantitative estimate of drug-likeness (QED) is 0.284. The number of pyridine rings is 2. The maximum absolute atomic E-state index is 5.01. The van der Waals surface area contributed by atoms with Gasteiger partial charge in [0.15, 0.2) is 17.3 Å². The van der Waals surface area contributed by atoms with E-state index in [4.69, 9.17) is 15.0 Å². The summed E-state index contributed by atoms with van der Waals surface area (Å²) in [5.41, 5.74) is 6.88. The Balaban J connectivity index is 1.32. The van der Waals surface area contributed by atoms with Crippen LogP contribution in [0, 0.1) is 5.92 Å². The van der Waals surface area contributed by atoms with Gasteiger partial charge in [-0.25, -0.2) is 15.0 Å². The smallest absolute Gasteiger partial charge is 0.181 e. The van der Waals surface area contributed by atoms with E-state index in [2.05, 4.69) is 63.7 Å². The topological polar surface area (TPSA) is 89.6 Å². The number of nitrogens with one attached hydrogen (secondary N) is 2. The Labute approximate surface area is 229 Å². The van der Waals surface area contributed by atoms with Gasteiger partial charge in [-0.2, -0.15) is 5.10 Å². The minimum Gasteiger partial charge on any atom is -0.352 e. The molecule has 8 heteroatoms. The summed E-state index contributed by atoms with van der Waals surface area (Å²) in [7, 11) is 2.16. The molecule has 1 aliphatic carbocycles. The summed E-state index contributed by atoms with van der Waals surface area (Å²) in [4.78, 5) is 22.6.